The van der Waals surface area contributed by atoms with Crippen LogP contribution in [-0.4, -0.2) is 15.7 Å². The van der Waals surface area contributed by atoms with Crippen molar-refractivity contribution in [2.45, 2.75) is 84.0 Å². The monoisotopic (exact) mass is 425 g/mol. The first-order valence-corrected chi connectivity index (χ1v) is 12.2. The van der Waals surface area contributed by atoms with Gasteiger partial charge in [0.05, 0.1) is 0 Å². The average molecular weight is 426 g/mol. The van der Waals surface area contributed by atoms with Gasteiger partial charge in [-0.1, -0.05) is 57.6 Å². The minimum Gasteiger partial charge on any atom is -0.404 e. The average Bonchev–Trinajstić information content (AvgIpc) is 2.66. The number of rotatable bonds is 16. The molecule has 1 aromatic rings. The third kappa shape index (κ3) is 15.0. The summed E-state index contributed by atoms with van der Waals surface area (Å²) in [7, 11) is -4.56. The normalized spacial score (nSPS) is 11.7. The number of hydrogen-bond donors (Lipinski definition) is 3. The van der Waals surface area contributed by atoms with E-state index in [0.29, 0.717) is 12.1 Å². The van der Waals surface area contributed by atoms with Crippen molar-refractivity contribution in [3.05, 3.63) is 36.4 Å². The molecule has 0 spiro atoms. The number of amides is 1. The predicted octanol–water partition coefficient (Wildman–Crippen LogP) is 6.35. The second-order valence-corrected chi connectivity index (χ2v) is 8.45. The molecular formula is C22H36NO5P. The van der Waals surface area contributed by atoms with Crippen LogP contribution in [0.5, 0.6) is 5.75 Å². The van der Waals surface area contributed by atoms with Gasteiger partial charge in [-0.15, -0.1) is 0 Å². The summed E-state index contributed by atoms with van der Waals surface area (Å²) in [6.45, 7) is 2.23. The zero-order valence-corrected chi connectivity index (χ0v) is 18.4. The fourth-order valence-corrected chi connectivity index (χ4v) is 3.36. The molecular weight excluding hydrogens is 389 g/mol. The second-order valence-electron chi connectivity index (χ2n) is 7.28. The van der Waals surface area contributed by atoms with Crippen LogP contribution >= 0.6 is 7.82 Å². The van der Waals surface area contributed by atoms with Gasteiger partial charge in [-0.25, -0.2) is 4.57 Å². The first kappa shape index (κ1) is 25.4. The Kier molecular flexibility index (Phi) is 13.4. The maximum atomic E-state index is 12.0. The van der Waals surface area contributed by atoms with Gasteiger partial charge >= 0.3 is 7.82 Å². The molecule has 7 heteroatoms. The smallest absolute Gasteiger partial charge is 0.404 e. The zero-order valence-electron chi connectivity index (χ0n) is 17.5. The Morgan fingerprint density at radius 1 is 0.931 bits per heavy atom. The summed E-state index contributed by atoms with van der Waals surface area (Å²) in [6.07, 6.45) is 18.2. The Hall–Kier alpha value is -1.62. The van der Waals surface area contributed by atoms with Crippen LogP contribution in [0.2, 0.25) is 0 Å². The summed E-state index contributed by atoms with van der Waals surface area (Å²) in [5.74, 6) is 0.00216. The van der Waals surface area contributed by atoms with Crippen molar-refractivity contribution in [2.75, 3.05) is 5.32 Å². The van der Waals surface area contributed by atoms with Crippen molar-refractivity contribution >= 4 is 19.4 Å². The molecule has 0 fully saturated rings. The molecule has 0 unspecified atom stereocenters. The topological polar surface area (TPSA) is 95.9 Å². The minimum atomic E-state index is -4.56. The third-order valence-corrected chi connectivity index (χ3v) is 4.98. The van der Waals surface area contributed by atoms with Gasteiger partial charge in [-0.2, -0.15) is 0 Å². The highest BCUT2D eigenvalue weighted by atomic mass is 31.2. The quantitative estimate of drug-likeness (QED) is 0.163. The van der Waals surface area contributed by atoms with Gasteiger partial charge in [0.1, 0.15) is 5.75 Å². The second kappa shape index (κ2) is 15.3. The zero-order chi connectivity index (χ0) is 21.4. The van der Waals surface area contributed by atoms with E-state index < -0.39 is 7.82 Å². The van der Waals surface area contributed by atoms with Gasteiger partial charge < -0.3 is 9.84 Å². The number of benzene rings is 1. The molecule has 0 radical (unpaired) electrons. The van der Waals surface area contributed by atoms with Crippen LogP contribution in [0.3, 0.4) is 0 Å². The van der Waals surface area contributed by atoms with Gasteiger partial charge in [0.2, 0.25) is 5.91 Å². The Balaban J connectivity index is 2.03. The van der Waals surface area contributed by atoms with Crippen LogP contribution in [0.1, 0.15) is 84.0 Å². The number of hydrogen-bond acceptors (Lipinski definition) is 3. The van der Waals surface area contributed by atoms with E-state index in [1.165, 1.54) is 57.1 Å². The minimum absolute atomic E-state index is 0.0559. The van der Waals surface area contributed by atoms with Gasteiger partial charge in [0.25, 0.3) is 0 Å². The predicted molar refractivity (Wildman–Crippen MR) is 118 cm³/mol. The summed E-state index contributed by atoms with van der Waals surface area (Å²) in [5.41, 5.74) is 0.578. The molecule has 0 bridgehead atoms. The first-order chi connectivity index (χ1) is 13.9. The number of unbranched alkanes of at least 4 members (excludes halogenated alkanes) is 9. The molecule has 0 heterocycles. The molecule has 1 aromatic carbocycles. The van der Waals surface area contributed by atoms with E-state index >= 15 is 0 Å². The van der Waals surface area contributed by atoms with E-state index in [4.69, 9.17) is 9.79 Å². The molecule has 0 atom stereocenters. The molecule has 0 aliphatic carbocycles. The molecule has 3 N–H and O–H groups in total. The lowest BCUT2D eigenvalue weighted by atomic mass is 10.1. The molecule has 29 heavy (non-hydrogen) atoms. The maximum absolute atomic E-state index is 12.0. The number of phosphoric ester groups is 1. The molecule has 1 rings (SSSR count). The molecule has 0 saturated carbocycles. The molecule has 1 amide bonds. The van der Waals surface area contributed by atoms with Gasteiger partial charge in [-0.05, 0) is 56.4 Å². The summed E-state index contributed by atoms with van der Waals surface area (Å²) in [6, 6.07) is 5.93. The lowest BCUT2D eigenvalue weighted by molar-refractivity contribution is -0.116. The molecule has 164 valence electrons. The van der Waals surface area contributed by atoms with E-state index in [9.17, 15) is 9.36 Å². The third-order valence-electron chi connectivity index (χ3n) is 4.53. The number of carbonyl (C=O) groups excluding carboxylic acids is 1. The molecule has 0 saturated heterocycles. The summed E-state index contributed by atoms with van der Waals surface area (Å²) >= 11 is 0. The standard InChI is InChI=1S/C22H36NO5P/c1-2-3-4-5-6-7-8-9-10-11-12-13-14-15-22(24)23-20-16-18-21(19-17-20)28-29(25,26)27/h7-8,16-19H,2-6,9-15H2,1H3,(H,23,24)(H2,25,26,27)/b8-7+. The van der Waals surface area contributed by atoms with Crippen LogP contribution in [0.4, 0.5) is 5.69 Å². The van der Waals surface area contributed by atoms with Crippen LogP contribution in [0.25, 0.3) is 0 Å². The number of anilines is 1. The highest BCUT2D eigenvalue weighted by Crippen LogP contribution is 2.37. The van der Waals surface area contributed by atoms with E-state index in [-0.39, 0.29) is 11.7 Å². The maximum Gasteiger partial charge on any atom is 0.524 e. The highest BCUT2D eigenvalue weighted by Gasteiger charge is 2.15. The van der Waals surface area contributed by atoms with Crippen molar-refractivity contribution in [3.63, 3.8) is 0 Å². The fourth-order valence-electron chi connectivity index (χ4n) is 2.96. The van der Waals surface area contributed by atoms with Crippen LogP contribution in [-0.2, 0) is 9.36 Å². The van der Waals surface area contributed by atoms with Gasteiger partial charge in [-0.3, -0.25) is 14.6 Å². The molecule has 0 aromatic heterocycles. The van der Waals surface area contributed by atoms with E-state index in [2.05, 4.69) is 28.9 Å². The largest absolute Gasteiger partial charge is 0.524 e. The van der Waals surface area contributed by atoms with E-state index in [1.54, 1.807) is 12.1 Å². The van der Waals surface area contributed by atoms with Crippen LogP contribution in [0.15, 0.2) is 36.4 Å². The van der Waals surface area contributed by atoms with Crippen molar-refractivity contribution < 1.29 is 23.7 Å². The summed E-state index contributed by atoms with van der Waals surface area (Å²) in [4.78, 5) is 29.5. The fraction of sp³-hybridized carbons (Fsp3) is 0.591. The van der Waals surface area contributed by atoms with Gasteiger partial charge in [0.15, 0.2) is 0 Å². The Bertz CT molecular complexity index is 639. The number of carbonyl (C=O) groups is 1. The van der Waals surface area contributed by atoms with Gasteiger partial charge in [0, 0.05) is 12.1 Å². The Morgan fingerprint density at radius 2 is 1.48 bits per heavy atom. The van der Waals surface area contributed by atoms with Crippen molar-refractivity contribution in [3.8, 4) is 5.75 Å². The van der Waals surface area contributed by atoms with Crippen molar-refractivity contribution in [1.82, 2.24) is 0 Å². The lowest BCUT2D eigenvalue weighted by Gasteiger charge is -2.08. The van der Waals surface area contributed by atoms with E-state index in [1.807, 2.05) is 0 Å². The van der Waals surface area contributed by atoms with Crippen molar-refractivity contribution in [1.29, 1.82) is 0 Å². The highest BCUT2D eigenvalue weighted by molar-refractivity contribution is 7.46. The Labute approximate surface area is 175 Å². The number of nitrogens with one attached hydrogen (secondary N) is 1. The van der Waals surface area contributed by atoms with Crippen LogP contribution in [0, 0.1) is 0 Å². The van der Waals surface area contributed by atoms with Crippen molar-refractivity contribution in [2.24, 2.45) is 0 Å². The number of phosphoric acid groups is 1. The Morgan fingerprint density at radius 3 is 2.07 bits per heavy atom. The number of allylic oxidation sites excluding steroid dienone is 2. The summed E-state index contributed by atoms with van der Waals surface area (Å²) in [5, 5.41) is 2.78. The lowest BCUT2D eigenvalue weighted by Crippen LogP contribution is -2.10. The van der Waals surface area contributed by atoms with Crippen LogP contribution < -0.4 is 9.84 Å². The first-order valence-electron chi connectivity index (χ1n) is 10.7. The molecule has 6 nitrogen and oxygen atoms in total. The summed E-state index contributed by atoms with van der Waals surface area (Å²) < 4.78 is 15.2. The molecule has 0 aliphatic rings. The SMILES string of the molecule is CCCCCC/C=C/CCCCCCCC(=O)Nc1ccc(OP(=O)(O)O)cc1. The molecule has 0 aliphatic heterocycles. The van der Waals surface area contributed by atoms with E-state index in [0.717, 1.165) is 25.7 Å².